The van der Waals surface area contributed by atoms with Gasteiger partial charge in [0, 0.05) is 25.4 Å². The van der Waals surface area contributed by atoms with Crippen LogP contribution in [0.25, 0.3) is 0 Å². The molecule has 36 heavy (non-hydrogen) atoms. The van der Waals surface area contributed by atoms with Crippen molar-refractivity contribution in [2.75, 3.05) is 13.1 Å². The predicted molar refractivity (Wildman–Crippen MR) is 143 cm³/mol. The highest BCUT2D eigenvalue weighted by Gasteiger charge is 2.59. The number of halogens is 1. The Hall–Kier alpha value is -1.62. The van der Waals surface area contributed by atoms with E-state index in [1.54, 1.807) is 6.07 Å². The molecule has 3 aliphatic carbocycles. The van der Waals surface area contributed by atoms with Crippen LogP contribution in [0.2, 0.25) is 0 Å². The molecule has 0 bridgehead atoms. The highest BCUT2D eigenvalue weighted by Crippen LogP contribution is 2.63. The Balaban J connectivity index is 1.46. The number of amides is 1. The highest BCUT2D eigenvalue weighted by molar-refractivity contribution is 5.75. The van der Waals surface area contributed by atoms with Gasteiger partial charge in [-0.05, 0) is 91.4 Å². The van der Waals surface area contributed by atoms with Gasteiger partial charge in [0.1, 0.15) is 11.9 Å². The number of alkyl halides is 1. The van der Waals surface area contributed by atoms with Crippen molar-refractivity contribution in [3.63, 3.8) is 0 Å². The van der Waals surface area contributed by atoms with Gasteiger partial charge in [-0.15, -0.1) is 0 Å². The molecule has 3 aliphatic rings. The number of aliphatic hydroxyl groups is 1. The Morgan fingerprint density at radius 3 is 2.58 bits per heavy atom. The smallest absolute Gasteiger partial charge is 0.222 e. The average molecular weight is 502 g/mol. The summed E-state index contributed by atoms with van der Waals surface area (Å²) in [7, 11) is 0. The Bertz CT molecular complexity index is 891. The molecule has 1 aromatic rings. The van der Waals surface area contributed by atoms with Crippen LogP contribution < -0.4 is 0 Å². The number of hydrogen-bond acceptors (Lipinski definition) is 3. The predicted octanol–water partition coefficient (Wildman–Crippen LogP) is 6.77. The standard InChI is InChI=1S/C31H48FNO3/c1-4-6-7-9-16-33(28(36)5-2)17-10-8-11-21-18-22-19-23(34)12-13-24(22)30-26(32)20-31(3)25(29(21)30)14-15-27(31)35/h12-13,19,21,25-27,29-30,34-35H,4-11,14-18,20H2,1-3H3/t21-,25?,26+,27+,29?,30?,31+/m1/s1. The molecule has 3 unspecified atom stereocenters. The fraction of sp³-hybridized carbons (Fsp3) is 0.774. The summed E-state index contributed by atoms with van der Waals surface area (Å²) < 4.78 is 15.9. The van der Waals surface area contributed by atoms with Gasteiger partial charge in [-0.3, -0.25) is 4.79 Å². The van der Waals surface area contributed by atoms with E-state index in [0.717, 1.165) is 69.2 Å². The maximum atomic E-state index is 15.9. The summed E-state index contributed by atoms with van der Waals surface area (Å²) >= 11 is 0. The monoisotopic (exact) mass is 501 g/mol. The van der Waals surface area contributed by atoms with E-state index in [4.69, 9.17) is 0 Å². The second kappa shape index (κ2) is 11.8. The fourth-order valence-electron chi connectivity index (χ4n) is 8.06. The molecule has 4 nitrogen and oxygen atoms in total. The molecule has 202 valence electrons. The molecule has 5 heteroatoms. The maximum absolute atomic E-state index is 15.9. The van der Waals surface area contributed by atoms with Crippen molar-refractivity contribution in [3.05, 3.63) is 29.3 Å². The van der Waals surface area contributed by atoms with Crippen LogP contribution in [-0.4, -0.2) is 46.4 Å². The van der Waals surface area contributed by atoms with E-state index in [2.05, 4.69) is 18.7 Å². The summed E-state index contributed by atoms with van der Waals surface area (Å²) in [5.74, 6) is 1.28. The average Bonchev–Trinajstić information content (AvgIpc) is 3.15. The zero-order valence-electron chi connectivity index (χ0n) is 22.7. The van der Waals surface area contributed by atoms with E-state index in [-0.39, 0.29) is 28.9 Å². The summed E-state index contributed by atoms with van der Waals surface area (Å²) in [6.45, 7) is 7.93. The molecule has 2 N–H and O–H groups in total. The molecule has 0 saturated heterocycles. The first kappa shape index (κ1) is 27.4. The quantitative estimate of drug-likeness (QED) is 0.329. The molecule has 2 saturated carbocycles. The van der Waals surface area contributed by atoms with E-state index in [9.17, 15) is 15.0 Å². The Labute approximate surface area is 217 Å². The van der Waals surface area contributed by atoms with Crippen molar-refractivity contribution in [2.45, 2.75) is 116 Å². The number of phenols is 1. The fourth-order valence-corrected chi connectivity index (χ4v) is 8.06. The zero-order chi connectivity index (χ0) is 25.9. The SMILES string of the molecule is CCCCCCN(CCCC[C@@H]1Cc2cc(O)ccc2C2C1C1CC[C@H](O)[C@@]1(C)C[C@@H]2F)C(=O)CC. The number of carbonyl (C=O) groups is 1. The largest absolute Gasteiger partial charge is 0.508 e. The summed E-state index contributed by atoms with van der Waals surface area (Å²) in [5, 5.41) is 21.0. The number of unbranched alkanes of at least 4 members (excludes halogenated alkanes) is 4. The van der Waals surface area contributed by atoms with E-state index in [0.29, 0.717) is 24.7 Å². The van der Waals surface area contributed by atoms with Gasteiger partial charge in [0.25, 0.3) is 0 Å². The highest BCUT2D eigenvalue weighted by atomic mass is 19.1. The van der Waals surface area contributed by atoms with Gasteiger partial charge in [-0.25, -0.2) is 4.39 Å². The Morgan fingerprint density at radius 1 is 1.11 bits per heavy atom. The third kappa shape index (κ3) is 5.47. The lowest BCUT2D eigenvalue weighted by molar-refractivity contribution is -0.131. The van der Waals surface area contributed by atoms with E-state index in [1.807, 2.05) is 19.1 Å². The molecule has 0 spiro atoms. The molecular formula is C31H48FNO3. The summed E-state index contributed by atoms with van der Waals surface area (Å²) in [4.78, 5) is 14.5. The van der Waals surface area contributed by atoms with Crippen LogP contribution in [0.3, 0.4) is 0 Å². The van der Waals surface area contributed by atoms with E-state index in [1.165, 1.54) is 19.3 Å². The van der Waals surface area contributed by atoms with Crippen LogP contribution in [0.5, 0.6) is 5.75 Å². The Morgan fingerprint density at radius 2 is 1.86 bits per heavy atom. The third-order valence-corrected chi connectivity index (χ3v) is 9.96. The number of nitrogens with zero attached hydrogens (tertiary/aromatic N) is 1. The second-order valence-electron chi connectivity index (χ2n) is 12.2. The molecule has 0 radical (unpaired) electrons. The number of aliphatic hydroxyl groups excluding tert-OH is 1. The lowest BCUT2D eigenvalue weighted by atomic mass is 9.51. The molecule has 0 aliphatic heterocycles. The van der Waals surface area contributed by atoms with Gasteiger partial charge in [0.15, 0.2) is 0 Å². The van der Waals surface area contributed by atoms with E-state index < -0.39 is 12.3 Å². The zero-order valence-corrected chi connectivity index (χ0v) is 22.7. The van der Waals surface area contributed by atoms with Gasteiger partial charge in [-0.1, -0.05) is 52.5 Å². The van der Waals surface area contributed by atoms with Gasteiger partial charge in [0.2, 0.25) is 5.91 Å². The Kier molecular flexibility index (Phi) is 9.01. The van der Waals surface area contributed by atoms with Crippen molar-refractivity contribution < 1.29 is 19.4 Å². The molecule has 0 aromatic heterocycles. The number of rotatable bonds is 11. The third-order valence-electron chi connectivity index (χ3n) is 9.96. The summed E-state index contributed by atoms with van der Waals surface area (Å²) in [6, 6.07) is 5.51. The van der Waals surface area contributed by atoms with Crippen LogP contribution in [0.4, 0.5) is 4.39 Å². The van der Waals surface area contributed by atoms with Crippen LogP contribution in [0.15, 0.2) is 18.2 Å². The normalized spacial score (nSPS) is 33.0. The van der Waals surface area contributed by atoms with Crippen molar-refractivity contribution >= 4 is 5.91 Å². The topological polar surface area (TPSA) is 60.8 Å². The number of fused-ring (bicyclic) bond motifs is 5. The first-order valence-corrected chi connectivity index (χ1v) is 14.7. The molecule has 7 atom stereocenters. The number of benzene rings is 1. The molecule has 1 aromatic carbocycles. The van der Waals surface area contributed by atoms with E-state index >= 15 is 4.39 Å². The summed E-state index contributed by atoms with van der Waals surface area (Å²) in [5.41, 5.74) is 1.84. The molecule has 2 fully saturated rings. The minimum Gasteiger partial charge on any atom is -0.508 e. The molecule has 4 rings (SSSR count). The van der Waals surface area contributed by atoms with Crippen LogP contribution in [0.1, 0.15) is 108 Å². The van der Waals surface area contributed by atoms with Crippen LogP contribution in [0, 0.1) is 23.2 Å². The van der Waals surface area contributed by atoms with Gasteiger partial charge >= 0.3 is 0 Å². The van der Waals surface area contributed by atoms with Crippen molar-refractivity contribution in [2.24, 2.45) is 23.2 Å². The molecule has 1 amide bonds. The van der Waals surface area contributed by atoms with Gasteiger partial charge < -0.3 is 15.1 Å². The minimum atomic E-state index is -0.962. The van der Waals surface area contributed by atoms with Crippen LogP contribution in [-0.2, 0) is 11.2 Å². The van der Waals surface area contributed by atoms with Crippen molar-refractivity contribution in [1.82, 2.24) is 4.90 Å². The number of phenolic OH excluding ortho intramolecular Hbond substituents is 1. The summed E-state index contributed by atoms with van der Waals surface area (Å²) in [6.07, 6.45) is 9.92. The number of aromatic hydroxyl groups is 1. The first-order valence-electron chi connectivity index (χ1n) is 14.7. The van der Waals surface area contributed by atoms with Gasteiger partial charge in [0.05, 0.1) is 6.10 Å². The van der Waals surface area contributed by atoms with Crippen molar-refractivity contribution in [3.8, 4) is 5.75 Å². The van der Waals surface area contributed by atoms with Gasteiger partial charge in [-0.2, -0.15) is 0 Å². The second-order valence-corrected chi connectivity index (χ2v) is 12.2. The lowest BCUT2D eigenvalue weighted by Gasteiger charge is -2.54. The first-order chi connectivity index (χ1) is 17.3. The molecular weight excluding hydrogens is 453 g/mol. The maximum Gasteiger partial charge on any atom is 0.222 e. The van der Waals surface area contributed by atoms with Crippen molar-refractivity contribution in [1.29, 1.82) is 0 Å². The number of carbonyl (C=O) groups excluding carboxylic acids is 1. The minimum absolute atomic E-state index is 0.139. The van der Waals surface area contributed by atoms with Crippen LogP contribution >= 0.6 is 0 Å². The molecule has 0 heterocycles. The lowest BCUT2D eigenvalue weighted by Crippen LogP contribution is -2.51. The number of hydrogen-bond donors (Lipinski definition) is 2.